The Kier molecular flexibility index (Phi) is 36.4. The number of amides is 6. The number of carbonyl (C=O) groups excluding carboxylic acids is 9. The molecule has 3 saturated heterocycles. The maximum atomic E-state index is 16.1. The largest absolute Gasteiger partial charge is 0.540 e. The molecule has 16 rings (SSSR count). The molecular formula is C104H134F6N9O18V3-3. The second-order valence-electron chi connectivity index (χ2n) is 42.6. The number of halogens is 6. The van der Waals surface area contributed by atoms with E-state index in [1.807, 2.05) is 109 Å². The number of pyridine rings is 3. The number of carbonyl (C=O) groups is 6. The first-order valence-electron chi connectivity index (χ1n) is 49.0. The molecule has 6 amide bonds. The Hall–Kier alpha value is -8.75. The first kappa shape index (κ1) is 112. The van der Waals surface area contributed by atoms with Crippen LogP contribution in [-0.4, -0.2) is 198 Å². The monoisotopic (exact) mass is 2060 g/mol. The number of nitrogens with one attached hydrogen (secondary N) is 3. The number of hydrogen-bond donors (Lipinski definition) is 3. The second-order valence-corrected chi connectivity index (χ2v) is 42.6. The summed E-state index contributed by atoms with van der Waals surface area (Å²) in [6.45, 7) is 23.7. The Balaban J connectivity index is 0.000000199. The third-order valence-corrected chi connectivity index (χ3v) is 30.3. The van der Waals surface area contributed by atoms with Crippen LogP contribution in [0.5, 0.6) is 34.5 Å². The molecule has 6 aromatic rings. The van der Waals surface area contributed by atoms with Gasteiger partial charge in [0.05, 0.1) is 57.5 Å². The molecular weight excluding hydrogens is 1930 g/mol. The number of aromatic nitrogens is 3. The van der Waals surface area contributed by atoms with Gasteiger partial charge in [0.25, 0.3) is 17.8 Å². The van der Waals surface area contributed by atoms with E-state index in [0.29, 0.717) is 132 Å². The molecule has 763 valence electrons. The molecule has 10 aliphatic rings. The fourth-order valence-corrected chi connectivity index (χ4v) is 22.5. The molecule has 4 saturated carbocycles. The first-order valence-corrected chi connectivity index (χ1v) is 49.0. The molecule has 0 spiro atoms. The molecule has 36 heteroatoms. The van der Waals surface area contributed by atoms with Gasteiger partial charge >= 0.3 is 18.3 Å². The number of alkyl halides is 6. The topological polar surface area (TPSA) is 321 Å². The van der Waals surface area contributed by atoms with Crippen molar-refractivity contribution in [1.82, 2.24) is 45.6 Å². The van der Waals surface area contributed by atoms with Crippen LogP contribution in [0.2, 0.25) is 0 Å². The molecule has 2 unspecified atom stereocenters. The molecule has 3 N–H and O–H groups in total. The Labute approximate surface area is 852 Å². The number of fused-ring (bicyclic) bond motifs is 17. The summed E-state index contributed by atoms with van der Waals surface area (Å²) in [6, 6.07) is 13.7. The zero-order valence-corrected chi connectivity index (χ0v) is 87.1. The number of benzene rings is 3. The SMILES string of the molecule is CC[C@@H]1[C@@H]2CN(C(=O)[C@H](C(C)(C)C)NC(=O)O[C@@H]3CC4CC4[C@H]3CCCCC(F)(F)c3nc4ccc(OC)cc4cc3O2)[C@@H]1[C-]=O.CC[C@@H]1[C@@H]2CN(C(=O)[C@H](C(C)(C)C)NC(=O)O[C@@H]3CCC[C@H]3CCCCC(F)(F)c3nc4ccc(OC)cc4cc3O2)[C@@H]1[C-]=O.CC[C@@H]1[C@@H]2CN(C(=O)[C@H](C(C)(C)C)NC(=O)O[C@]3(C)CCC[C@H]3CCCCC(F)(F)c3nc4ccc(OC)cc4cc3O2)[C@@H]1[C-]=O.[V].[V].[V]. The smallest absolute Gasteiger partial charge is 0.408 e. The van der Waals surface area contributed by atoms with Crippen LogP contribution in [0.15, 0.2) is 72.8 Å². The Bertz CT molecular complexity index is 5310. The standard InChI is InChI=1S/C35H44F2N3O6.C35H46F2N3O6.C34H44F2N3O6.3V/c1-6-22-26(18-41)40-17-29(22)45-28-16-20-13-21(44-5)10-11-25(20)38-30(28)35(36,37)12-8-7-9-23-24-14-19(24)15-27(23)46-33(43)39-31(32(40)42)34(2,3)4;1-7-24-26(20-41)40-19-28(24)45-27-18-21-17-23(44-6)13-14-25(21)38-29(27)35(36,37)16-9-8-11-22-12-10-15-34(22,5)46-32(43)39-30(31(40)42)33(2,3)4;1-6-23-25(19-40)39-18-28(23)44-27-17-21-16-22(43-5)13-14-24(21)37-29(27)34(35,36)15-8-7-10-20-11-9-12-26(20)45-32(42)38-30(31(39)41)33(2,3)4;;;/h10-11,13,16,19,22-24,26-27,29,31H,6-9,12,14-15,17H2,1-5H3,(H,39,43);13-14,17-18,22,24,26,28,30H,7-12,15-16,19H2,1-6H3,(H,39,43);13-14,16-17,20,23,25-26,28,30H,6-12,15,18H2,1-5H3,(H,38,42);;;/q3*-1;;;/t19?,22-,23+,24?,26+,27+,29-,31+;22-,24+,26-,28+,30-,34-;20-,23+,25-,26-,28+,30-;;;/m011.../s1. The average Bonchev–Trinajstić information content (AvgIpc) is 1.59. The maximum Gasteiger partial charge on any atom is 0.408 e. The summed E-state index contributed by atoms with van der Waals surface area (Å²) >= 11 is 0. The zero-order valence-electron chi connectivity index (χ0n) is 82.9. The van der Waals surface area contributed by atoms with Gasteiger partial charge in [-0.05, 0) is 233 Å². The van der Waals surface area contributed by atoms with Gasteiger partial charge in [0.15, 0.2) is 17.1 Å². The van der Waals surface area contributed by atoms with E-state index >= 15 is 26.3 Å². The number of ether oxygens (including phenoxy) is 9. The van der Waals surface area contributed by atoms with Crippen LogP contribution < -0.4 is 44.4 Å². The minimum Gasteiger partial charge on any atom is -0.540 e. The summed E-state index contributed by atoms with van der Waals surface area (Å²) in [6.07, 6.45) is 11.7. The van der Waals surface area contributed by atoms with Gasteiger partial charge in [-0.25, -0.2) is 48.2 Å². The van der Waals surface area contributed by atoms with Crippen LogP contribution in [0.4, 0.5) is 40.7 Å². The van der Waals surface area contributed by atoms with Gasteiger partial charge in [-0.2, -0.15) is 26.3 Å². The molecule has 20 atom stereocenters. The molecule has 6 aliphatic heterocycles. The molecule has 3 aromatic heterocycles. The van der Waals surface area contributed by atoms with Crippen molar-refractivity contribution in [3.63, 3.8) is 0 Å². The summed E-state index contributed by atoms with van der Waals surface area (Å²) in [4.78, 5) is 137. The number of alkyl carbamates (subject to hydrolysis) is 3. The van der Waals surface area contributed by atoms with Gasteiger partial charge < -0.3 is 87.7 Å². The molecule has 140 heavy (non-hydrogen) atoms. The van der Waals surface area contributed by atoms with Gasteiger partial charge in [-0.1, -0.05) is 140 Å². The first-order chi connectivity index (χ1) is 64.9. The van der Waals surface area contributed by atoms with Crippen LogP contribution >= 0.6 is 0 Å². The van der Waals surface area contributed by atoms with Crippen molar-refractivity contribution < 1.29 is 168 Å². The van der Waals surface area contributed by atoms with Gasteiger partial charge in [0.2, 0.25) is 17.7 Å². The van der Waals surface area contributed by atoms with E-state index < -0.39 is 184 Å². The molecule has 27 nitrogen and oxygen atoms in total. The second kappa shape index (κ2) is 45.7. The van der Waals surface area contributed by atoms with Crippen LogP contribution in [0.3, 0.4) is 0 Å². The van der Waals surface area contributed by atoms with Crippen LogP contribution in [0.1, 0.15) is 255 Å². The summed E-state index contributed by atoms with van der Waals surface area (Å²) < 4.78 is 150. The number of methoxy groups -OCH3 is 3. The Morgan fingerprint density at radius 2 is 0.743 bits per heavy atom. The average molecular weight is 2070 g/mol. The van der Waals surface area contributed by atoms with Gasteiger partial charge in [0, 0.05) is 91.1 Å². The molecule has 6 bridgehead atoms. The zero-order chi connectivity index (χ0) is 98.9. The maximum absolute atomic E-state index is 16.1. The van der Waals surface area contributed by atoms with Crippen molar-refractivity contribution in [2.24, 2.45) is 63.6 Å². The fourth-order valence-electron chi connectivity index (χ4n) is 22.5. The molecule has 3 radical (unpaired) electrons. The fraction of sp³-hybridized carbons (Fsp3) is 0.654. The number of rotatable bonds is 9. The Morgan fingerprint density at radius 3 is 1.10 bits per heavy atom. The van der Waals surface area contributed by atoms with Crippen LogP contribution in [0, 0.1) is 63.6 Å². The number of hydrogen-bond acceptors (Lipinski definition) is 21. The van der Waals surface area contributed by atoms with Crippen molar-refractivity contribution in [1.29, 1.82) is 0 Å². The van der Waals surface area contributed by atoms with E-state index in [0.717, 1.165) is 38.5 Å². The van der Waals surface area contributed by atoms with E-state index in [1.165, 1.54) is 36.0 Å². The van der Waals surface area contributed by atoms with Crippen LogP contribution in [0.25, 0.3) is 32.7 Å². The Morgan fingerprint density at radius 1 is 0.400 bits per heavy atom. The molecule has 4 aliphatic carbocycles. The van der Waals surface area contributed by atoms with E-state index in [2.05, 4.69) is 30.9 Å². The minimum absolute atomic E-state index is 0. The van der Waals surface area contributed by atoms with E-state index in [9.17, 15) is 43.2 Å². The predicted molar refractivity (Wildman–Crippen MR) is 499 cm³/mol. The van der Waals surface area contributed by atoms with E-state index in [4.69, 9.17) is 42.6 Å². The van der Waals surface area contributed by atoms with Gasteiger partial charge in [0.1, 0.15) is 88.7 Å². The van der Waals surface area contributed by atoms with Crippen molar-refractivity contribution in [3.05, 3.63) is 89.9 Å². The summed E-state index contributed by atoms with van der Waals surface area (Å²) in [5.74, 6) is -10.5. The normalized spacial score (nSPS) is 30.4. The van der Waals surface area contributed by atoms with Crippen molar-refractivity contribution in [2.75, 3.05) is 41.0 Å². The van der Waals surface area contributed by atoms with Gasteiger partial charge in [-0.15, -0.1) is 0 Å². The van der Waals surface area contributed by atoms with Crippen molar-refractivity contribution in [2.45, 2.75) is 328 Å². The third kappa shape index (κ3) is 24.6. The van der Waals surface area contributed by atoms with Gasteiger partial charge in [-0.3, -0.25) is 14.4 Å². The van der Waals surface area contributed by atoms with E-state index in [-0.39, 0.29) is 142 Å². The molecule has 7 fully saturated rings. The molecule has 3 aromatic carbocycles. The predicted octanol–water partition coefficient (Wildman–Crippen LogP) is 19.2. The summed E-state index contributed by atoms with van der Waals surface area (Å²) in [5.41, 5.74) is -3.22. The minimum atomic E-state index is -3.31. The summed E-state index contributed by atoms with van der Waals surface area (Å²) in [7, 11) is 4.57. The van der Waals surface area contributed by atoms with E-state index in [1.54, 1.807) is 72.8 Å². The summed E-state index contributed by atoms with van der Waals surface area (Å²) in [5, 5.41) is 10.1. The number of nitrogens with zero attached hydrogens (tertiary/aromatic N) is 6. The van der Waals surface area contributed by atoms with Crippen LogP contribution in [-0.2, 0) is 116 Å². The quantitative estimate of drug-likeness (QED) is 0.0688. The van der Waals surface area contributed by atoms with Crippen molar-refractivity contribution in [3.8, 4) is 34.5 Å². The van der Waals surface area contributed by atoms with Crippen molar-refractivity contribution >= 4 is 87.6 Å². The third-order valence-electron chi connectivity index (χ3n) is 30.3. The molecule has 9 heterocycles.